The molecular weight excluding hydrogens is 124 g/mol. The van der Waals surface area contributed by atoms with Crippen LogP contribution in [0.3, 0.4) is 0 Å². The number of hydrogen-bond acceptors (Lipinski definition) is 1. The quantitative estimate of drug-likeness (QED) is 0.593. The van der Waals surface area contributed by atoms with Crippen molar-refractivity contribution in [3.8, 4) is 0 Å². The summed E-state index contributed by atoms with van der Waals surface area (Å²) in [6.07, 6.45) is 6.00. The second-order valence-corrected chi connectivity index (χ2v) is 3.22. The smallest absolute Gasteiger partial charge is 0.0853 e. The van der Waals surface area contributed by atoms with Gasteiger partial charge in [0.15, 0.2) is 0 Å². The van der Waals surface area contributed by atoms with Crippen molar-refractivity contribution in [3.05, 3.63) is 12.7 Å². The molecular formula is C9H16O. The van der Waals surface area contributed by atoms with E-state index < -0.39 is 5.60 Å². The van der Waals surface area contributed by atoms with Gasteiger partial charge in [0.1, 0.15) is 0 Å². The van der Waals surface area contributed by atoms with Gasteiger partial charge < -0.3 is 5.11 Å². The molecule has 1 saturated carbocycles. The van der Waals surface area contributed by atoms with Crippen molar-refractivity contribution in [2.45, 2.75) is 38.2 Å². The van der Waals surface area contributed by atoms with E-state index in [0.29, 0.717) is 5.92 Å². The fourth-order valence-corrected chi connectivity index (χ4v) is 1.46. The second-order valence-electron chi connectivity index (χ2n) is 3.22. The summed E-state index contributed by atoms with van der Waals surface area (Å²) in [5.74, 6) is 0.518. The maximum Gasteiger partial charge on any atom is 0.0853 e. The van der Waals surface area contributed by atoms with Crippen LogP contribution in [0.15, 0.2) is 12.7 Å². The Bertz CT molecular complexity index is 127. The zero-order valence-corrected chi connectivity index (χ0v) is 6.64. The van der Waals surface area contributed by atoms with E-state index in [-0.39, 0.29) is 0 Å². The van der Waals surface area contributed by atoms with Crippen molar-refractivity contribution in [2.24, 2.45) is 5.92 Å². The molecule has 10 heavy (non-hydrogen) atoms. The van der Waals surface area contributed by atoms with Crippen molar-refractivity contribution >= 4 is 0 Å². The molecule has 1 N–H and O–H groups in total. The van der Waals surface area contributed by atoms with E-state index in [4.69, 9.17) is 0 Å². The predicted molar refractivity (Wildman–Crippen MR) is 42.8 cm³/mol. The van der Waals surface area contributed by atoms with Crippen LogP contribution in [0, 0.1) is 5.92 Å². The number of hydrogen-bond donors (Lipinski definition) is 1. The van der Waals surface area contributed by atoms with Crippen LogP contribution in [-0.4, -0.2) is 10.7 Å². The Kier molecular flexibility index (Phi) is 2.14. The molecule has 1 atom stereocenters. The van der Waals surface area contributed by atoms with Crippen molar-refractivity contribution in [1.29, 1.82) is 0 Å². The summed E-state index contributed by atoms with van der Waals surface area (Å²) >= 11 is 0. The molecule has 0 saturated heterocycles. The molecule has 0 heterocycles. The van der Waals surface area contributed by atoms with E-state index in [1.807, 2.05) is 0 Å². The zero-order chi connectivity index (χ0) is 7.61. The van der Waals surface area contributed by atoms with Crippen LogP contribution in [0.4, 0.5) is 0 Å². The third kappa shape index (κ3) is 1.40. The van der Waals surface area contributed by atoms with Gasteiger partial charge in [-0.2, -0.15) is 0 Å². The van der Waals surface area contributed by atoms with Crippen LogP contribution in [0.1, 0.15) is 32.6 Å². The minimum atomic E-state index is -0.533. The molecule has 1 aliphatic carbocycles. The van der Waals surface area contributed by atoms with Crippen LogP contribution >= 0.6 is 0 Å². The molecule has 1 heteroatoms. The van der Waals surface area contributed by atoms with Crippen molar-refractivity contribution in [1.82, 2.24) is 0 Å². The molecule has 1 aliphatic rings. The van der Waals surface area contributed by atoms with Crippen LogP contribution in [0.25, 0.3) is 0 Å². The minimum absolute atomic E-state index is 0.518. The molecule has 0 bridgehead atoms. The standard InChI is InChI=1S/C9H16O/c1-3-7-9(10,4-2)8-5-6-8/h4,8,10H,2-3,5-7H2,1H3. The summed E-state index contributed by atoms with van der Waals surface area (Å²) in [7, 11) is 0. The first kappa shape index (κ1) is 7.80. The Hall–Kier alpha value is -0.300. The SMILES string of the molecule is C=CC(O)(CCC)C1CC1. The van der Waals surface area contributed by atoms with E-state index in [0.717, 1.165) is 12.8 Å². The van der Waals surface area contributed by atoms with Crippen LogP contribution in [0.5, 0.6) is 0 Å². The van der Waals surface area contributed by atoms with Crippen LogP contribution in [0.2, 0.25) is 0 Å². The first-order valence-electron chi connectivity index (χ1n) is 4.09. The minimum Gasteiger partial charge on any atom is -0.386 e. The summed E-state index contributed by atoms with van der Waals surface area (Å²) in [5.41, 5.74) is -0.533. The van der Waals surface area contributed by atoms with Gasteiger partial charge in [-0.3, -0.25) is 0 Å². The zero-order valence-electron chi connectivity index (χ0n) is 6.64. The van der Waals surface area contributed by atoms with Gasteiger partial charge in [-0.1, -0.05) is 19.4 Å². The van der Waals surface area contributed by atoms with Crippen molar-refractivity contribution in [3.63, 3.8) is 0 Å². The summed E-state index contributed by atoms with van der Waals surface area (Å²) in [6, 6.07) is 0. The molecule has 0 aliphatic heterocycles. The van der Waals surface area contributed by atoms with Gasteiger partial charge in [0.05, 0.1) is 5.60 Å². The summed E-state index contributed by atoms with van der Waals surface area (Å²) in [6.45, 7) is 5.76. The normalized spacial score (nSPS) is 23.8. The fraction of sp³-hybridized carbons (Fsp3) is 0.778. The van der Waals surface area contributed by atoms with Crippen LogP contribution in [-0.2, 0) is 0 Å². The molecule has 0 aromatic rings. The van der Waals surface area contributed by atoms with Gasteiger partial charge in [0.2, 0.25) is 0 Å². The average molecular weight is 140 g/mol. The Morgan fingerprint density at radius 1 is 1.70 bits per heavy atom. The highest BCUT2D eigenvalue weighted by Gasteiger charge is 2.40. The molecule has 0 aromatic heterocycles. The molecule has 1 fully saturated rings. The lowest BCUT2D eigenvalue weighted by molar-refractivity contribution is 0.0579. The lowest BCUT2D eigenvalue weighted by Crippen LogP contribution is -2.27. The maximum atomic E-state index is 9.84. The highest BCUT2D eigenvalue weighted by Crippen LogP contribution is 2.42. The summed E-state index contributed by atoms with van der Waals surface area (Å²) in [5, 5.41) is 9.84. The van der Waals surface area contributed by atoms with Crippen LogP contribution < -0.4 is 0 Å². The maximum absolute atomic E-state index is 9.84. The molecule has 1 rings (SSSR count). The molecule has 0 radical (unpaired) electrons. The van der Waals surface area contributed by atoms with E-state index in [2.05, 4.69) is 13.5 Å². The van der Waals surface area contributed by atoms with E-state index in [1.165, 1.54) is 12.8 Å². The Balaban J connectivity index is 2.47. The molecule has 0 spiro atoms. The van der Waals surface area contributed by atoms with Gasteiger partial charge in [0, 0.05) is 0 Å². The Labute approximate surface area is 62.8 Å². The van der Waals surface area contributed by atoms with Crippen molar-refractivity contribution < 1.29 is 5.11 Å². The lowest BCUT2D eigenvalue weighted by Gasteiger charge is -2.22. The molecule has 0 amide bonds. The molecule has 0 aromatic carbocycles. The van der Waals surface area contributed by atoms with Gasteiger partial charge in [-0.05, 0) is 25.2 Å². The first-order valence-corrected chi connectivity index (χ1v) is 4.09. The molecule has 1 unspecified atom stereocenters. The highest BCUT2D eigenvalue weighted by atomic mass is 16.3. The molecule has 58 valence electrons. The number of aliphatic hydroxyl groups is 1. The Morgan fingerprint density at radius 3 is 2.60 bits per heavy atom. The second kappa shape index (κ2) is 2.75. The third-order valence-corrected chi connectivity index (χ3v) is 2.29. The van der Waals surface area contributed by atoms with Gasteiger partial charge in [-0.25, -0.2) is 0 Å². The number of rotatable bonds is 4. The van der Waals surface area contributed by atoms with Crippen molar-refractivity contribution in [2.75, 3.05) is 0 Å². The van der Waals surface area contributed by atoms with Gasteiger partial charge >= 0.3 is 0 Å². The van der Waals surface area contributed by atoms with Gasteiger partial charge in [0.25, 0.3) is 0 Å². The Morgan fingerprint density at radius 2 is 2.30 bits per heavy atom. The van der Waals surface area contributed by atoms with E-state index in [1.54, 1.807) is 6.08 Å². The largest absolute Gasteiger partial charge is 0.386 e. The van der Waals surface area contributed by atoms with Gasteiger partial charge in [-0.15, -0.1) is 6.58 Å². The molecule has 1 nitrogen and oxygen atoms in total. The predicted octanol–water partition coefficient (Wildman–Crippen LogP) is 2.11. The van der Waals surface area contributed by atoms with E-state index >= 15 is 0 Å². The lowest BCUT2D eigenvalue weighted by atomic mass is 9.93. The fourth-order valence-electron chi connectivity index (χ4n) is 1.46. The third-order valence-electron chi connectivity index (χ3n) is 2.29. The first-order chi connectivity index (χ1) is 4.73. The summed E-state index contributed by atoms with van der Waals surface area (Å²) < 4.78 is 0. The highest BCUT2D eigenvalue weighted by molar-refractivity contribution is 5.05. The topological polar surface area (TPSA) is 20.2 Å². The average Bonchev–Trinajstić information content (AvgIpc) is 2.69. The van der Waals surface area contributed by atoms with E-state index in [9.17, 15) is 5.11 Å². The monoisotopic (exact) mass is 140 g/mol. The summed E-state index contributed by atoms with van der Waals surface area (Å²) in [4.78, 5) is 0.